The van der Waals surface area contributed by atoms with Gasteiger partial charge in [0.15, 0.2) is 40.3 Å². The number of fused-ring (bicyclic) bond motifs is 6. The second-order valence-electron chi connectivity index (χ2n) is 25.1. The van der Waals surface area contributed by atoms with E-state index in [9.17, 15) is 44.7 Å². The second-order valence-corrected chi connectivity index (χ2v) is 25.1. The molecule has 2 fully saturated rings. The van der Waals surface area contributed by atoms with Crippen molar-refractivity contribution >= 4 is 23.9 Å². The number of methoxy groups -OCH3 is 4. The second kappa shape index (κ2) is 23.7. The first-order valence-electron chi connectivity index (χ1n) is 27.4. The molecule has 444 valence electrons. The quantitative estimate of drug-likeness (QED) is 0.111. The molecule has 0 bridgehead atoms. The Morgan fingerprint density at radius 2 is 1.00 bits per heavy atom. The lowest BCUT2D eigenvalue weighted by Gasteiger charge is -2.40. The highest BCUT2D eigenvalue weighted by Gasteiger charge is 2.60. The number of rotatable bonds is 13. The summed E-state index contributed by atoms with van der Waals surface area (Å²) in [6.45, 7) is 18.6. The number of ether oxygens (including phenoxy) is 9. The van der Waals surface area contributed by atoms with E-state index in [2.05, 4.69) is 66.5 Å². The molecule has 80 heavy (non-hydrogen) atoms. The Bertz CT molecular complexity index is 2680. The predicted molar refractivity (Wildman–Crippen MR) is 289 cm³/mol. The van der Waals surface area contributed by atoms with Gasteiger partial charge in [0.25, 0.3) is 0 Å². The third kappa shape index (κ3) is 13.3. The minimum atomic E-state index is -2.30. The van der Waals surface area contributed by atoms with Gasteiger partial charge in [0.2, 0.25) is 13.6 Å². The van der Waals surface area contributed by atoms with Gasteiger partial charge in [0, 0.05) is 31.8 Å². The Morgan fingerprint density at radius 3 is 1.43 bits per heavy atom. The van der Waals surface area contributed by atoms with Gasteiger partial charge in [-0.25, -0.2) is 9.59 Å². The van der Waals surface area contributed by atoms with Crippen LogP contribution in [-0.4, -0.2) is 178 Å². The van der Waals surface area contributed by atoms with Crippen LogP contribution in [0.1, 0.15) is 141 Å². The number of carbonyl (C=O) groups is 4. The molecule has 21 nitrogen and oxygen atoms in total. The number of aliphatic hydroxyl groups excluding tert-OH is 1. The lowest BCUT2D eigenvalue weighted by atomic mass is 9.77. The molecule has 2 spiro atoms. The SMILES string of the molecule is CC(C)(C)C.COC(=O)CC(O)(CC(C)(C)O)C(=O)O.COC(=O)CC(O)(CC(C)(C)O)C(=O)OC1C(OC)=C[C@]23CCCN2CCc2cc4c(cc2[C@H]13)OCO4.COC1=C[C@]23CCCN2CCc2cc4c(cc2[C@@H]3C1O)OCO4. The highest BCUT2D eigenvalue weighted by molar-refractivity contribution is 5.86. The smallest absolute Gasteiger partial charge is 0.339 e. The summed E-state index contributed by atoms with van der Waals surface area (Å²) in [5.74, 6) is -0.386. The monoisotopic (exact) mass is 1120 g/mol. The molecule has 2 aromatic rings. The van der Waals surface area contributed by atoms with E-state index in [-0.39, 0.29) is 31.0 Å². The number of aliphatic hydroxyl groups is 5. The first kappa shape index (κ1) is 61.9. The van der Waals surface area contributed by atoms with E-state index in [4.69, 9.17) is 43.0 Å². The maximum atomic E-state index is 13.6. The van der Waals surface area contributed by atoms with Crippen molar-refractivity contribution in [2.75, 3.05) is 68.2 Å². The molecule has 8 aliphatic rings. The Balaban J connectivity index is 0.000000182. The van der Waals surface area contributed by atoms with Gasteiger partial charge in [-0.1, -0.05) is 27.7 Å². The number of carbonyl (C=O) groups excluding carboxylic acids is 3. The minimum Gasteiger partial charge on any atom is -0.499 e. The zero-order valence-corrected chi connectivity index (χ0v) is 48.5. The van der Waals surface area contributed by atoms with E-state index >= 15 is 0 Å². The molecule has 0 saturated carbocycles. The topological polar surface area (TPSA) is 279 Å². The summed E-state index contributed by atoms with van der Waals surface area (Å²) in [4.78, 5) is 52.4. The summed E-state index contributed by atoms with van der Waals surface area (Å²) in [5, 5.41) is 60.6. The molecule has 21 heteroatoms. The third-order valence-electron chi connectivity index (χ3n) is 15.7. The molecule has 6 N–H and O–H groups in total. The van der Waals surface area contributed by atoms with Crippen LogP contribution in [0.4, 0.5) is 0 Å². The van der Waals surface area contributed by atoms with Crippen molar-refractivity contribution in [3.05, 3.63) is 70.2 Å². The van der Waals surface area contributed by atoms with Crippen LogP contribution >= 0.6 is 0 Å². The summed E-state index contributed by atoms with van der Waals surface area (Å²) in [6, 6.07) is 8.16. The lowest BCUT2D eigenvalue weighted by molar-refractivity contribution is -0.183. The van der Waals surface area contributed by atoms with Gasteiger partial charge in [0.05, 0.1) is 69.5 Å². The molecule has 0 amide bonds. The van der Waals surface area contributed by atoms with E-state index in [1.54, 1.807) is 7.11 Å². The van der Waals surface area contributed by atoms with Crippen molar-refractivity contribution in [3.63, 3.8) is 0 Å². The average Bonchev–Trinajstić information content (AvgIpc) is 4.13. The molecule has 10 rings (SSSR count). The fourth-order valence-corrected chi connectivity index (χ4v) is 12.8. The number of carboxylic acids is 1. The van der Waals surface area contributed by atoms with E-state index in [1.807, 2.05) is 12.1 Å². The summed E-state index contributed by atoms with van der Waals surface area (Å²) in [6.07, 6.45) is 6.40. The Kier molecular flexibility index (Phi) is 18.3. The summed E-state index contributed by atoms with van der Waals surface area (Å²) >= 11 is 0. The number of nitrogens with zero attached hydrogens (tertiary/aromatic N) is 2. The van der Waals surface area contributed by atoms with Crippen LogP contribution in [0.3, 0.4) is 0 Å². The van der Waals surface area contributed by atoms with Crippen molar-refractivity contribution < 1.29 is 92.4 Å². The molecular formula is C59H84N2O19. The molecule has 4 unspecified atom stereocenters. The first-order valence-corrected chi connectivity index (χ1v) is 27.4. The van der Waals surface area contributed by atoms with Crippen molar-refractivity contribution in [2.45, 2.75) is 177 Å². The maximum absolute atomic E-state index is 13.6. The zero-order chi connectivity index (χ0) is 59.0. The summed E-state index contributed by atoms with van der Waals surface area (Å²) in [5.41, 5.74) is -2.98. The van der Waals surface area contributed by atoms with Crippen LogP contribution < -0.4 is 18.9 Å². The zero-order valence-electron chi connectivity index (χ0n) is 48.5. The summed E-state index contributed by atoms with van der Waals surface area (Å²) in [7, 11) is 5.45. The summed E-state index contributed by atoms with van der Waals surface area (Å²) < 4.78 is 48.7. The largest absolute Gasteiger partial charge is 0.499 e. The van der Waals surface area contributed by atoms with E-state index in [0.717, 1.165) is 94.4 Å². The molecule has 2 aromatic carbocycles. The average molecular weight is 1130 g/mol. The highest BCUT2D eigenvalue weighted by atomic mass is 16.7. The fourth-order valence-electron chi connectivity index (χ4n) is 12.8. The molecule has 0 aromatic heterocycles. The minimum absolute atomic E-state index is 0.00644. The Labute approximate surface area is 468 Å². The van der Waals surface area contributed by atoms with Gasteiger partial charge in [-0.3, -0.25) is 19.4 Å². The normalized spacial score (nSPS) is 26.4. The Morgan fingerprint density at radius 1 is 0.600 bits per heavy atom. The molecule has 2 saturated heterocycles. The number of esters is 3. The standard InChI is InChI=1S/C27H35NO9.C18H21NO4.C9H16O6.C5H12/c1-25(2,31)14-27(32,13-21(29)34-4)24(30)37-23-20(33-3)12-26-7-5-8-28(26)9-6-16-10-18-19(36-15-35-18)11-17(16)22(23)26;1-21-15-9-18-4-2-5-19(18)6-3-11-7-13-14(23-10-22-13)8-12(11)16(18)17(15)20;1-8(2,13)5-9(14,7(11)12)4-6(10)15-3;1-5(2,3)4/h10-12,22-23,31-32H,5-9,13-15H2,1-4H3;7-9,16-17,20H,2-6,10H2,1H3;13-14H,4-5H2,1-3H3,(H,11,12);1-4H3/t22-,23?,26+,27?;16-,17?,18+;;/m11../s1. The molecule has 2 aliphatic carbocycles. The number of carboxylic acid groups (broad SMARTS) is 1. The van der Waals surface area contributed by atoms with Crippen molar-refractivity contribution in [1.29, 1.82) is 0 Å². The van der Waals surface area contributed by atoms with Crippen LogP contribution in [0.5, 0.6) is 23.0 Å². The van der Waals surface area contributed by atoms with Gasteiger partial charge in [-0.15, -0.1) is 0 Å². The van der Waals surface area contributed by atoms with Crippen LogP contribution in [0.15, 0.2) is 47.9 Å². The first-order chi connectivity index (χ1) is 37.3. The van der Waals surface area contributed by atoms with E-state index < -0.39 is 89.7 Å². The van der Waals surface area contributed by atoms with Gasteiger partial charge in [-0.05, 0) is 143 Å². The van der Waals surface area contributed by atoms with E-state index in [1.165, 1.54) is 53.0 Å². The van der Waals surface area contributed by atoms with Gasteiger partial charge >= 0.3 is 23.9 Å². The number of hydrogen-bond acceptors (Lipinski definition) is 20. The number of aliphatic carboxylic acids is 1. The number of benzene rings is 2. The van der Waals surface area contributed by atoms with Crippen molar-refractivity contribution in [3.8, 4) is 23.0 Å². The predicted octanol–water partition coefficient (Wildman–Crippen LogP) is 5.17. The van der Waals surface area contributed by atoms with Crippen LogP contribution in [0.2, 0.25) is 0 Å². The number of hydrogen-bond donors (Lipinski definition) is 6. The fraction of sp³-hybridized carbons (Fsp3) is 0.661. The van der Waals surface area contributed by atoms with Gasteiger partial charge in [-0.2, -0.15) is 0 Å². The van der Waals surface area contributed by atoms with Crippen molar-refractivity contribution in [1.82, 2.24) is 9.80 Å². The molecule has 6 heterocycles. The lowest BCUT2D eigenvalue weighted by Crippen LogP contribution is -2.51. The molecule has 6 aliphatic heterocycles. The van der Waals surface area contributed by atoms with E-state index in [0.29, 0.717) is 28.4 Å². The highest BCUT2D eigenvalue weighted by Crippen LogP contribution is 2.57. The van der Waals surface area contributed by atoms with Crippen LogP contribution in [0.25, 0.3) is 0 Å². The maximum Gasteiger partial charge on any atom is 0.339 e. The van der Waals surface area contributed by atoms with Crippen LogP contribution in [0, 0.1) is 5.41 Å². The molecule has 8 atom stereocenters. The molecular weight excluding hydrogens is 1040 g/mol. The molecule has 0 radical (unpaired) electrons. The Hall–Kier alpha value is -5.68. The third-order valence-corrected chi connectivity index (χ3v) is 15.7. The van der Waals surface area contributed by atoms with Gasteiger partial charge < -0.3 is 73.3 Å². The van der Waals surface area contributed by atoms with Crippen LogP contribution in [-0.2, 0) is 55.7 Å². The van der Waals surface area contributed by atoms with Crippen molar-refractivity contribution in [2.24, 2.45) is 5.41 Å². The van der Waals surface area contributed by atoms with Gasteiger partial charge in [0.1, 0.15) is 17.6 Å².